The predicted octanol–water partition coefficient (Wildman–Crippen LogP) is 3.86. The second-order valence-electron chi connectivity index (χ2n) is 6.84. The molecule has 1 N–H and O–H groups in total. The Balaban J connectivity index is 1.64. The molecule has 140 valence electrons. The highest BCUT2D eigenvalue weighted by Gasteiger charge is 2.16. The van der Waals surface area contributed by atoms with Gasteiger partial charge >= 0.3 is 0 Å². The number of aromatic nitrogens is 1. The number of nitrogens with zero attached hydrogens (tertiary/aromatic N) is 2. The first-order valence-electron chi connectivity index (χ1n) is 9.28. The zero-order valence-electron chi connectivity index (χ0n) is 16.2. The Labute approximate surface area is 156 Å². The monoisotopic (exact) mass is 355 g/mol. The van der Waals surface area contributed by atoms with E-state index in [2.05, 4.69) is 47.2 Å². The van der Waals surface area contributed by atoms with E-state index >= 15 is 0 Å². The molecule has 1 aliphatic rings. The standard InChI is InChI=1S/C21H29N3O2/c1-15-18(8-9-19(25-3)21(15)26-4)16(2)22-13-17-7-10-20(23-14-17)24-11-5-6-12-24/h7-10,14,16,22H,5-6,11-13H2,1-4H3. The smallest absolute Gasteiger partial charge is 0.163 e. The zero-order chi connectivity index (χ0) is 18.5. The van der Waals surface area contributed by atoms with Crippen molar-refractivity contribution in [2.24, 2.45) is 0 Å². The van der Waals surface area contributed by atoms with Crippen molar-refractivity contribution in [2.75, 3.05) is 32.2 Å². The van der Waals surface area contributed by atoms with Gasteiger partial charge in [-0.1, -0.05) is 12.1 Å². The van der Waals surface area contributed by atoms with E-state index in [0.29, 0.717) is 0 Å². The Kier molecular flexibility index (Phi) is 5.99. The van der Waals surface area contributed by atoms with E-state index in [1.165, 1.54) is 24.0 Å². The molecule has 2 heterocycles. The minimum atomic E-state index is 0.202. The molecule has 0 bridgehead atoms. The van der Waals surface area contributed by atoms with Gasteiger partial charge in [0.15, 0.2) is 11.5 Å². The summed E-state index contributed by atoms with van der Waals surface area (Å²) in [4.78, 5) is 6.98. The zero-order valence-corrected chi connectivity index (χ0v) is 16.2. The molecular weight excluding hydrogens is 326 g/mol. The van der Waals surface area contributed by atoms with Gasteiger partial charge in [-0.3, -0.25) is 0 Å². The molecule has 1 aromatic heterocycles. The summed E-state index contributed by atoms with van der Waals surface area (Å²) in [7, 11) is 3.35. The molecule has 0 amide bonds. The highest BCUT2D eigenvalue weighted by Crippen LogP contribution is 2.35. The lowest BCUT2D eigenvalue weighted by molar-refractivity contribution is 0.351. The van der Waals surface area contributed by atoms with Gasteiger partial charge in [0.25, 0.3) is 0 Å². The summed E-state index contributed by atoms with van der Waals surface area (Å²) in [6, 6.07) is 8.57. The summed E-state index contributed by atoms with van der Waals surface area (Å²) in [6.45, 7) is 7.27. The quantitative estimate of drug-likeness (QED) is 0.817. The Morgan fingerprint density at radius 3 is 2.50 bits per heavy atom. The summed E-state index contributed by atoms with van der Waals surface area (Å²) in [5, 5.41) is 3.58. The van der Waals surface area contributed by atoms with Gasteiger partial charge in [0.1, 0.15) is 5.82 Å². The first kappa shape index (κ1) is 18.5. The molecule has 1 aliphatic heterocycles. The summed E-state index contributed by atoms with van der Waals surface area (Å²) in [5.74, 6) is 2.66. The Bertz CT molecular complexity index is 725. The maximum absolute atomic E-state index is 5.52. The van der Waals surface area contributed by atoms with Crippen LogP contribution in [0.4, 0.5) is 5.82 Å². The maximum Gasteiger partial charge on any atom is 0.163 e. The van der Waals surface area contributed by atoms with E-state index in [1.807, 2.05) is 12.3 Å². The molecule has 2 aromatic rings. The Morgan fingerprint density at radius 1 is 1.12 bits per heavy atom. The third kappa shape index (κ3) is 3.93. The van der Waals surface area contributed by atoms with Gasteiger partial charge in [-0.15, -0.1) is 0 Å². The van der Waals surface area contributed by atoms with E-state index in [-0.39, 0.29) is 6.04 Å². The van der Waals surface area contributed by atoms with Crippen molar-refractivity contribution in [2.45, 2.75) is 39.3 Å². The van der Waals surface area contributed by atoms with Crippen LogP contribution in [0.1, 0.15) is 42.5 Å². The van der Waals surface area contributed by atoms with Gasteiger partial charge in [0.05, 0.1) is 14.2 Å². The predicted molar refractivity (Wildman–Crippen MR) is 105 cm³/mol. The molecule has 0 saturated carbocycles. The van der Waals surface area contributed by atoms with E-state index < -0.39 is 0 Å². The second kappa shape index (κ2) is 8.41. The molecule has 26 heavy (non-hydrogen) atoms. The maximum atomic E-state index is 5.52. The molecule has 0 spiro atoms. The summed E-state index contributed by atoms with van der Waals surface area (Å²) in [5.41, 5.74) is 3.51. The van der Waals surface area contributed by atoms with Gasteiger partial charge in [0, 0.05) is 31.9 Å². The lowest BCUT2D eigenvalue weighted by Crippen LogP contribution is -2.20. The first-order valence-corrected chi connectivity index (χ1v) is 9.28. The highest BCUT2D eigenvalue weighted by molar-refractivity contribution is 5.51. The van der Waals surface area contributed by atoms with Gasteiger partial charge in [-0.05, 0) is 55.5 Å². The number of nitrogens with one attached hydrogen (secondary N) is 1. The molecule has 1 aromatic carbocycles. The topological polar surface area (TPSA) is 46.6 Å². The van der Waals surface area contributed by atoms with Gasteiger partial charge in [-0.2, -0.15) is 0 Å². The van der Waals surface area contributed by atoms with Crippen molar-refractivity contribution in [3.63, 3.8) is 0 Å². The highest BCUT2D eigenvalue weighted by atomic mass is 16.5. The van der Waals surface area contributed by atoms with Crippen molar-refractivity contribution in [1.82, 2.24) is 10.3 Å². The van der Waals surface area contributed by atoms with Crippen LogP contribution < -0.4 is 19.7 Å². The normalized spacial score (nSPS) is 15.2. The third-order valence-electron chi connectivity index (χ3n) is 5.15. The lowest BCUT2D eigenvalue weighted by atomic mass is 10.0. The molecule has 1 fully saturated rings. The summed E-state index contributed by atoms with van der Waals surface area (Å²) in [6.07, 6.45) is 4.52. The fraction of sp³-hybridized carbons (Fsp3) is 0.476. The van der Waals surface area contributed by atoms with Crippen LogP contribution in [-0.4, -0.2) is 32.3 Å². The average molecular weight is 355 g/mol. The number of methoxy groups -OCH3 is 2. The van der Waals surface area contributed by atoms with Crippen LogP contribution in [0, 0.1) is 6.92 Å². The Morgan fingerprint density at radius 2 is 1.88 bits per heavy atom. The molecule has 5 nitrogen and oxygen atoms in total. The van der Waals surface area contributed by atoms with Gasteiger partial charge < -0.3 is 19.7 Å². The van der Waals surface area contributed by atoms with Crippen LogP contribution in [0.2, 0.25) is 0 Å². The van der Waals surface area contributed by atoms with E-state index in [4.69, 9.17) is 9.47 Å². The van der Waals surface area contributed by atoms with Crippen LogP contribution in [0.5, 0.6) is 11.5 Å². The minimum Gasteiger partial charge on any atom is -0.493 e. The number of hydrogen-bond acceptors (Lipinski definition) is 5. The molecule has 1 unspecified atom stereocenters. The van der Waals surface area contributed by atoms with Crippen molar-refractivity contribution in [3.8, 4) is 11.5 Å². The number of hydrogen-bond donors (Lipinski definition) is 1. The molecule has 0 radical (unpaired) electrons. The van der Waals surface area contributed by atoms with Crippen LogP contribution in [0.25, 0.3) is 0 Å². The largest absolute Gasteiger partial charge is 0.493 e. The van der Waals surface area contributed by atoms with E-state index in [1.54, 1.807) is 14.2 Å². The molecule has 0 aliphatic carbocycles. The van der Waals surface area contributed by atoms with Crippen molar-refractivity contribution >= 4 is 5.82 Å². The lowest BCUT2D eigenvalue weighted by Gasteiger charge is -2.20. The van der Waals surface area contributed by atoms with Crippen molar-refractivity contribution in [3.05, 3.63) is 47.2 Å². The molecule has 5 heteroatoms. The van der Waals surface area contributed by atoms with Crippen LogP contribution in [0.3, 0.4) is 0 Å². The number of ether oxygens (including phenoxy) is 2. The van der Waals surface area contributed by atoms with E-state index in [0.717, 1.165) is 42.5 Å². The number of rotatable bonds is 7. The fourth-order valence-electron chi connectivity index (χ4n) is 3.60. The Hall–Kier alpha value is -2.27. The molecule has 1 atom stereocenters. The van der Waals surface area contributed by atoms with Crippen LogP contribution >= 0.6 is 0 Å². The SMILES string of the molecule is COc1ccc(C(C)NCc2ccc(N3CCCC3)nc2)c(C)c1OC. The molecular formula is C21H29N3O2. The van der Waals surface area contributed by atoms with Crippen LogP contribution in [0.15, 0.2) is 30.5 Å². The number of benzene rings is 1. The third-order valence-corrected chi connectivity index (χ3v) is 5.15. The first-order chi connectivity index (χ1) is 12.6. The minimum absolute atomic E-state index is 0.202. The van der Waals surface area contributed by atoms with Crippen molar-refractivity contribution < 1.29 is 9.47 Å². The fourth-order valence-corrected chi connectivity index (χ4v) is 3.60. The summed E-state index contributed by atoms with van der Waals surface area (Å²) >= 11 is 0. The van der Waals surface area contributed by atoms with Crippen LogP contribution in [-0.2, 0) is 6.54 Å². The molecule has 3 rings (SSSR count). The summed E-state index contributed by atoms with van der Waals surface area (Å²) < 4.78 is 10.9. The number of anilines is 1. The molecule has 1 saturated heterocycles. The van der Waals surface area contributed by atoms with Gasteiger partial charge in [0.2, 0.25) is 0 Å². The van der Waals surface area contributed by atoms with Crippen molar-refractivity contribution in [1.29, 1.82) is 0 Å². The average Bonchev–Trinajstić information content (AvgIpc) is 3.21. The van der Waals surface area contributed by atoms with Gasteiger partial charge in [-0.25, -0.2) is 4.98 Å². The number of pyridine rings is 1. The van der Waals surface area contributed by atoms with E-state index in [9.17, 15) is 0 Å². The second-order valence-corrected chi connectivity index (χ2v) is 6.84.